The number of hydrogen-bond acceptors (Lipinski definition) is 4. The van der Waals surface area contributed by atoms with Crippen LogP contribution in [0.3, 0.4) is 0 Å². The van der Waals surface area contributed by atoms with E-state index in [-0.39, 0.29) is 18.5 Å². The Kier molecular flexibility index (Phi) is 4.90. The summed E-state index contributed by atoms with van der Waals surface area (Å²) in [5.74, 6) is 0.219. The van der Waals surface area contributed by atoms with Gasteiger partial charge in [-0.05, 0) is 31.7 Å². The summed E-state index contributed by atoms with van der Waals surface area (Å²) in [5, 5.41) is 11.9. The van der Waals surface area contributed by atoms with Gasteiger partial charge >= 0.3 is 5.97 Å². The van der Waals surface area contributed by atoms with Crippen molar-refractivity contribution in [3.05, 3.63) is 0 Å². The average molecular weight is 201 g/mol. The number of piperidine rings is 1. The molecule has 0 radical (unpaired) electrons. The third-order valence-electron chi connectivity index (χ3n) is 2.86. The highest BCUT2D eigenvalue weighted by Crippen LogP contribution is 2.24. The molecule has 0 aromatic rings. The summed E-state index contributed by atoms with van der Waals surface area (Å²) in [5.41, 5.74) is 0. The lowest BCUT2D eigenvalue weighted by Gasteiger charge is -2.30. The summed E-state index contributed by atoms with van der Waals surface area (Å²) in [7, 11) is 1.43. The van der Waals surface area contributed by atoms with Gasteiger partial charge in [0, 0.05) is 13.2 Å². The van der Waals surface area contributed by atoms with Gasteiger partial charge in [0.2, 0.25) is 0 Å². The Morgan fingerprint density at radius 3 is 3.07 bits per heavy atom. The molecule has 0 aliphatic carbocycles. The lowest BCUT2D eigenvalue weighted by molar-refractivity contribution is -0.148. The molecule has 1 aliphatic heterocycles. The number of carbonyl (C=O) groups is 1. The van der Waals surface area contributed by atoms with Crippen LogP contribution in [-0.4, -0.2) is 37.9 Å². The maximum atomic E-state index is 11.4. The second-order valence-electron chi connectivity index (χ2n) is 3.75. The summed E-state index contributed by atoms with van der Waals surface area (Å²) < 4.78 is 4.76. The number of ether oxygens (including phenoxy) is 1. The number of carbonyl (C=O) groups excluding carboxylic acids is 1. The fourth-order valence-corrected chi connectivity index (χ4v) is 2.04. The molecule has 4 nitrogen and oxygen atoms in total. The van der Waals surface area contributed by atoms with Crippen molar-refractivity contribution in [3.63, 3.8) is 0 Å². The van der Waals surface area contributed by atoms with Gasteiger partial charge in [-0.2, -0.15) is 0 Å². The Balaban J connectivity index is 2.45. The molecular weight excluding hydrogens is 182 g/mol. The minimum Gasteiger partial charge on any atom is -0.469 e. The van der Waals surface area contributed by atoms with E-state index < -0.39 is 0 Å². The highest BCUT2D eigenvalue weighted by Gasteiger charge is 2.30. The molecule has 14 heavy (non-hydrogen) atoms. The molecule has 1 rings (SSSR count). The first-order valence-corrected chi connectivity index (χ1v) is 5.19. The van der Waals surface area contributed by atoms with E-state index in [9.17, 15) is 4.79 Å². The van der Waals surface area contributed by atoms with Crippen molar-refractivity contribution in [2.24, 2.45) is 11.8 Å². The van der Waals surface area contributed by atoms with E-state index in [0.29, 0.717) is 12.5 Å². The van der Waals surface area contributed by atoms with Crippen LogP contribution in [0, 0.1) is 11.8 Å². The third-order valence-corrected chi connectivity index (χ3v) is 2.86. The zero-order chi connectivity index (χ0) is 10.4. The van der Waals surface area contributed by atoms with Crippen molar-refractivity contribution < 1.29 is 14.6 Å². The van der Waals surface area contributed by atoms with Crippen molar-refractivity contribution in [2.75, 3.05) is 26.8 Å². The largest absolute Gasteiger partial charge is 0.469 e. The number of nitrogens with one attached hydrogen (secondary N) is 1. The van der Waals surface area contributed by atoms with Crippen LogP contribution in [0.25, 0.3) is 0 Å². The van der Waals surface area contributed by atoms with Gasteiger partial charge in [0.15, 0.2) is 0 Å². The minimum atomic E-state index is -0.125. The van der Waals surface area contributed by atoms with Crippen molar-refractivity contribution in [1.82, 2.24) is 5.32 Å². The average Bonchev–Trinajstić information content (AvgIpc) is 2.25. The van der Waals surface area contributed by atoms with E-state index in [1.165, 1.54) is 7.11 Å². The summed E-state index contributed by atoms with van der Waals surface area (Å²) in [6, 6.07) is 0. The molecule has 2 N–H and O–H groups in total. The van der Waals surface area contributed by atoms with E-state index in [1.54, 1.807) is 0 Å². The van der Waals surface area contributed by atoms with E-state index in [2.05, 4.69) is 5.32 Å². The monoisotopic (exact) mass is 201 g/mol. The van der Waals surface area contributed by atoms with Crippen LogP contribution >= 0.6 is 0 Å². The lowest BCUT2D eigenvalue weighted by atomic mass is 9.83. The Hall–Kier alpha value is -0.610. The van der Waals surface area contributed by atoms with Gasteiger partial charge < -0.3 is 15.2 Å². The molecule has 2 atom stereocenters. The van der Waals surface area contributed by atoms with Crippen LogP contribution < -0.4 is 5.32 Å². The van der Waals surface area contributed by atoms with Gasteiger partial charge in [-0.15, -0.1) is 0 Å². The van der Waals surface area contributed by atoms with E-state index >= 15 is 0 Å². The molecule has 82 valence electrons. The summed E-state index contributed by atoms with van der Waals surface area (Å²) in [6.07, 6.45) is 2.69. The predicted octanol–water partition coefficient (Wildman–Crippen LogP) is 0.158. The molecule has 1 aliphatic rings. The molecule has 0 aromatic carbocycles. The topological polar surface area (TPSA) is 58.6 Å². The van der Waals surface area contributed by atoms with Gasteiger partial charge in [-0.25, -0.2) is 0 Å². The molecule has 0 aromatic heterocycles. The summed E-state index contributed by atoms with van der Waals surface area (Å²) in [6.45, 7) is 1.88. The number of aliphatic hydroxyl groups is 1. The highest BCUT2D eigenvalue weighted by molar-refractivity contribution is 5.73. The zero-order valence-electron chi connectivity index (χ0n) is 8.66. The van der Waals surface area contributed by atoms with E-state index in [1.807, 2.05) is 0 Å². The smallest absolute Gasteiger partial charge is 0.310 e. The number of hydrogen-bond donors (Lipinski definition) is 2. The Morgan fingerprint density at radius 1 is 1.64 bits per heavy atom. The van der Waals surface area contributed by atoms with Crippen LogP contribution in [0.15, 0.2) is 0 Å². The predicted molar refractivity (Wildman–Crippen MR) is 52.8 cm³/mol. The molecule has 0 saturated carbocycles. The van der Waals surface area contributed by atoms with Crippen LogP contribution in [0.4, 0.5) is 0 Å². The lowest BCUT2D eigenvalue weighted by Crippen LogP contribution is -2.41. The SMILES string of the molecule is COC(=O)C1CNCCC1CCCO. The summed E-state index contributed by atoms with van der Waals surface area (Å²) in [4.78, 5) is 11.4. The van der Waals surface area contributed by atoms with E-state index in [0.717, 1.165) is 25.8 Å². The normalized spacial score (nSPS) is 27.3. The molecule has 1 heterocycles. The Morgan fingerprint density at radius 2 is 2.43 bits per heavy atom. The first-order chi connectivity index (χ1) is 6.79. The number of rotatable bonds is 4. The van der Waals surface area contributed by atoms with Gasteiger partial charge in [-0.1, -0.05) is 0 Å². The number of esters is 1. The van der Waals surface area contributed by atoms with Crippen LogP contribution in [0.5, 0.6) is 0 Å². The first-order valence-electron chi connectivity index (χ1n) is 5.19. The molecule has 0 amide bonds. The third kappa shape index (κ3) is 2.96. The number of methoxy groups -OCH3 is 1. The Labute approximate surface area is 84.6 Å². The van der Waals surface area contributed by atoms with Crippen molar-refractivity contribution >= 4 is 5.97 Å². The molecule has 4 heteroatoms. The quantitative estimate of drug-likeness (QED) is 0.636. The number of aliphatic hydroxyl groups excluding tert-OH is 1. The first kappa shape index (κ1) is 11.5. The van der Waals surface area contributed by atoms with Crippen molar-refractivity contribution in [3.8, 4) is 0 Å². The zero-order valence-corrected chi connectivity index (χ0v) is 8.66. The standard InChI is InChI=1S/C10H19NO3/c1-14-10(13)9-7-11-5-4-8(9)3-2-6-12/h8-9,11-12H,2-7H2,1H3. The van der Waals surface area contributed by atoms with Crippen molar-refractivity contribution in [2.45, 2.75) is 19.3 Å². The summed E-state index contributed by atoms with van der Waals surface area (Å²) >= 11 is 0. The molecule has 0 spiro atoms. The van der Waals surface area contributed by atoms with Gasteiger partial charge in [0.1, 0.15) is 0 Å². The maximum Gasteiger partial charge on any atom is 0.310 e. The maximum absolute atomic E-state index is 11.4. The highest BCUT2D eigenvalue weighted by atomic mass is 16.5. The van der Waals surface area contributed by atoms with Gasteiger partial charge in [0.05, 0.1) is 13.0 Å². The van der Waals surface area contributed by atoms with Crippen LogP contribution in [-0.2, 0) is 9.53 Å². The van der Waals surface area contributed by atoms with Gasteiger partial charge in [0.25, 0.3) is 0 Å². The van der Waals surface area contributed by atoms with Crippen LogP contribution in [0.1, 0.15) is 19.3 Å². The van der Waals surface area contributed by atoms with Crippen LogP contribution in [0.2, 0.25) is 0 Å². The molecule has 1 saturated heterocycles. The van der Waals surface area contributed by atoms with E-state index in [4.69, 9.17) is 9.84 Å². The molecule has 2 unspecified atom stereocenters. The molecule has 1 fully saturated rings. The Bertz CT molecular complexity index is 184. The fraction of sp³-hybridized carbons (Fsp3) is 0.900. The van der Waals surface area contributed by atoms with Crippen molar-refractivity contribution in [1.29, 1.82) is 0 Å². The molecule has 0 bridgehead atoms. The van der Waals surface area contributed by atoms with Gasteiger partial charge in [-0.3, -0.25) is 4.79 Å². The second kappa shape index (κ2) is 5.98. The second-order valence-corrected chi connectivity index (χ2v) is 3.75. The minimum absolute atomic E-state index is 0.0275. The molecular formula is C10H19NO3. The fourth-order valence-electron chi connectivity index (χ4n) is 2.04.